The van der Waals surface area contributed by atoms with E-state index in [1.165, 1.54) is 0 Å². The summed E-state index contributed by atoms with van der Waals surface area (Å²) in [4.78, 5) is 1.96. The molecule has 0 aromatic carbocycles. The zero-order valence-corrected chi connectivity index (χ0v) is 8.44. The highest BCUT2D eigenvalue weighted by Crippen LogP contribution is 2.29. The molecule has 0 aromatic heterocycles. The minimum absolute atomic E-state index is 0.0847. The van der Waals surface area contributed by atoms with Crippen molar-refractivity contribution in [1.82, 2.24) is 4.90 Å². The lowest BCUT2D eigenvalue weighted by Crippen LogP contribution is -2.64. The maximum atomic E-state index is 9.77. The van der Waals surface area contributed by atoms with Crippen molar-refractivity contribution in [3.8, 4) is 0 Å². The number of likely N-dealkylation sites (N-methyl/N-ethyl adjacent to an activating group) is 1. The van der Waals surface area contributed by atoms with E-state index in [9.17, 15) is 10.2 Å². The second-order valence-corrected chi connectivity index (χ2v) is 4.41. The van der Waals surface area contributed by atoms with Gasteiger partial charge in [-0.3, -0.25) is 4.90 Å². The number of hydrogen-bond acceptors (Lipinski definition) is 4. The van der Waals surface area contributed by atoms with Crippen molar-refractivity contribution in [3.63, 3.8) is 0 Å². The van der Waals surface area contributed by atoms with Gasteiger partial charge in [0.1, 0.15) is 0 Å². The van der Waals surface area contributed by atoms with Crippen molar-refractivity contribution in [1.29, 1.82) is 0 Å². The van der Waals surface area contributed by atoms with Crippen molar-refractivity contribution in [2.45, 2.75) is 31.6 Å². The van der Waals surface area contributed by atoms with E-state index in [0.29, 0.717) is 6.54 Å². The van der Waals surface area contributed by atoms with Gasteiger partial charge in [0.05, 0.1) is 12.2 Å². The Morgan fingerprint density at radius 2 is 1.92 bits per heavy atom. The summed E-state index contributed by atoms with van der Waals surface area (Å²) in [6, 6.07) is 0. The lowest BCUT2D eigenvalue weighted by Gasteiger charge is -2.49. The smallest absolute Gasteiger partial charge is 0.0980 e. The molecule has 4 nitrogen and oxygen atoms in total. The zero-order valence-electron chi connectivity index (χ0n) is 8.44. The third-order valence-corrected chi connectivity index (χ3v) is 3.26. The molecule has 0 aliphatic carbocycles. The number of aliphatic hydroxyl groups excluding tert-OH is 3. The van der Waals surface area contributed by atoms with E-state index in [2.05, 4.69) is 0 Å². The Balaban J connectivity index is 2.79. The fourth-order valence-corrected chi connectivity index (χ4v) is 1.76. The number of piperidine rings is 1. The molecule has 1 heterocycles. The van der Waals surface area contributed by atoms with Crippen molar-refractivity contribution in [2.24, 2.45) is 5.92 Å². The molecule has 3 N–H and O–H groups in total. The van der Waals surface area contributed by atoms with Gasteiger partial charge in [0.15, 0.2) is 0 Å². The van der Waals surface area contributed by atoms with Crippen molar-refractivity contribution in [3.05, 3.63) is 0 Å². The Labute approximate surface area is 78.8 Å². The van der Waals surface area contributed by atoms with E-state index >= 15 is 0 Å². The van der Waals surface area contributed by atoms with E-state index < -0.39 is 17.7 Å². The third kappa shape index (κ3) is 1.72. The molecular formula is C9H19NO3. The van der Waals surface area contributed by atoms with Crippen molar-refractivity contribution < 1.29 is 15.3 Å². The average Bonchev–Trinajstić information content (AvgIpc) is 2.09. The van der Waals surface area contributed by atoms with Crippen LogP contribution in [0.3, 0.4) is 0 Å². The summed E-state index contributed by atoms with van der Waals surface area (Å²) >= 11 is 0. The predicted molar refractivity (Wildman–Crippen MR) is 49.3 cm³/mol. The predicted octanol–water partition coefficient (Wildman–Crippen LogP) is -0.959. The van der Waals surface area contributed by atoms with Gasteiger partial charge in [-0.15, -0.1) is 0 Å². The second kappa shape index (κ2) is 3.53. The summed E-state index contributed by atoms with van der Waals surface area (Å²) in [5.41, 5.74) is -0.426. The summed E-state index contributed by atoms with van der Waals surface area (Å²) in [6.45, 7) is 4.29. The lowest BCUT2D eigenvalue weighted by molar-refractivity contribution is -0.141. The van der Waals surface area contributed by atoms with E-state index in [1.807, 2.05) is 25.8 Å². The van der Waals surface area contributed by atoms with Crippen LogP contribution in [0.4, 0.5) is 0 Å². The molecule has 1 saturated heterocycles. The molecule has 13 heavy (non-hydrogen) atoms. The minimum atomic E-state index is -0.823. The van der Waals surface area contributed by atoms with Crippen molar-refractivity contribution in [2.75, 3.05) is 20.2 Å². The van der Waals surface area contributed by atoms with E-state index in [-0.39, 0.29) is 12.5 Å². The fourth-order valence-electron chi connectivity index (χ4n) is 1.76. The van der Waals surface area contributed by atoms with Gasteiger partial charge in [0.25, 0.3) is 0 Å². The standard InChI is InChI=1S/C9H19NO3/c1-9(2)8(13)7(12)6(5-11)4-10(9)3/h6-8,11-13H,4-5H2,1-3H3/t6?,7-,8-/m0/s1. The summed E-state index contributed by atoms with van der Waals surface area (Å²) in [6.07, 6.45) is -1.63. The highest BCUT2D eigenvalue weighted by atomic mass is 16.3. The molecule has 0 aromatic rings. The second-order valence-electron chi connectivity index (χ2n) is 4.41. The number of nitrogens with zero attached hydrogens (tertiary/aromatic N) is 1. The molecule has 78 valence electrons. The molecule has 4 heteroatoms. The molecule has 1 rings (SSSR count). The fraction of sp³-hybridized carbons (Fsp3) is 1.00. The van der Waals surface area contributed by atoms with Crippen LogP contribution in [0.5, 0.6) is 0 Å². The Kier molecular flexibility index (Phi) is 2.97. The van der Waals surface area contributed by atoms with Crippen LogP contribution in [0.25, 0.3) is 0 Å². The molecule has 1 fully saturated rings. The van der Waals surface area contributed by atoms with Crippen LogP contribution in [0, 0.1) is 5.92 Å². The van der Waals surface area contributed by atoms with E-state index in [0.717, 1.165) is 0 Å². The number of rotatable bonds is 1. The highest BCUT2D eigenvalue weighted by Gasteiger charge is 2.45. The van der Waals surface area contributed by atoms with E-state index in [1.54, 1.807) is 0 Å². The van der Waals surface area contributed by atoms with Crippen LogP contribution in [0.1, 0.15) is 13.8 Å². The lowest BCUT2D eigenvalue weighted by atomic mass is 9.80. The van der Waals surface area contributed by atoms with Crippen LogP contribution < -0.4 is 0 Å². The van der Waals surface area contributed by atoms with Gasteiger partial charge in [-0.05, 0) is 20.9 Å². The van der Waals surface area contributed by atoms with E-state index in [4.69, 9.17) is 5.11 Å². The third-order valence-electron chi connectivity index (χ3n) is 3.26. The molecule has 0 spiro atoms. The first-order valence-corrected chi connectivity index (χ1v) is 4.59. The number of aliphatic hydroxyl groups is 3. The first-order chi connectivity index (χ1) is 5.91. The van der Waals surface area contributed by atoms with Crippen molar-refractivity contribution >= 4 is 0 Å². The summed E-state index contributed by atoms with van der Waals surface area (Å²) in [7, 11) is 1.89. The van der Waals surface area contributed by atoms with Crippen LogP contribution in [-0.2, 0) is 0 Å². The normalized spacial score (nSPS) is 40.6. The first-order valence-electron chi connectivity index (χ1n) is 4.59. The van der Waals surface area contributed by atoms with Gasteiger partial charge < -0.3 is 15.3 Å². The zero-order chi connectivity index (χ0) is 10.2. The highest BCUT2D eigenvalue weighted by molar-refractivity contribution is 4.99. The molecule has 1 aliphatic heterocycles. The van der Waals surface area contributed by atoms with Gasteiger partial charge in [-0.25, -0.2) is 0 Å². The maximum Gasteiger partial charge on any atom is 0.0980 e. The monoisotopic (exact) mass is 189 g/mol. The van der Waals surface area contributed by atoms with Gasteiger partial charge in [-0.2, -0.15) is 0 Å². The maximum absolute atomic E-state index is 9.77. The largest absolute Gasteiger partial charge is 0.396 e. The number of hydrogen-bond donors (Lipinski definition) is 3. The SMILES string of the molecule is CN1CC(CO)[C@H](O)[C@H](O)C1(C)C. The Morgan fingerprint density at radius 3 is 2.38 bits per heavy atom. The number of likely N-dealkylation sites (tertiary alicyclic amines) is 1. The topological polar surface area (TPSA) is 63.9 Å². The quantitative estimate of drug-likeness (QED) is 0.497. The van der Waals surface area contributed by atoms with Gasteiger partial charge in [0, 0.05) is 24.6 Å². The van der Waals surface area contributed by atoms with Crippen LogP contribution in [-0.4, -0.2) is 58.2 Å². The molecule has 1 aliphatic rings. The molecule has 0 bridgehead atoms. The summed E-state index contributed by atoms with van der Waals surface area (Å²) in [5.74, 6) is -0.243. The van der Waals surface area contributed by atoms with Crippen LogP contribution in [0.2, 0.25) is 0 Å². The molecular weight excluding hydrogens is 170 g/mol. The summed E-state index contributed by atoms with van der Waals surface area (Å²) in [5, 5.41) is 28.4. The summed E-state index contributed by atoms with van der Waals surface area (Å²) < 4.78 is 0. The molecule has 0 amide bonds. The van der Waals surface area contributed by atoms with Crippen LogP contribution in [0.15, 0.2) is 0 Å². The Hall–Kier alpha value is -0.160. The molecule has 3 atom stereocenters. The Morgan fingerprint density at radius 1 is 1.38 bits per heavy atom. The average molecular weight is 189 g/mol. The Bertz CT molecular complexity index is 184. The molecule has 0 saturated carbocycles. The van der Waals surface area contributed by atoms with Crippen LogP contribution >= 0.6 is 0 Å². The van der Waals surface area contributed by atoms with Gasteiger partial charge in [-0.1, -0.05) is 0 Å². The molecule has 0 radical (unpaired) electrons. The minimum Gasteiger partial charge on any atom is -0.396 e. The van der Waals surface area contributed by atoms with Gasteiger partial charge in [0.2, 0.25) is 0 Å². The van der Waals surface area contributed by atoms with Gasteiger partial charge >= 0.3 is 0 Å². The molecule has 1 unspecified atom stereocenters. The first kappa shape index (κ1) is 10.9.